The number of carbonyl (C=O) groups excluding carboxylic acids is 2. The summed E-state index contributed by atoms with van der Waals surface area (Å²) in [4.78, 5) is 25.3. The highest BCUT2D eigenvalue weighted by Gasteiger charge is 2.22. The van der Waals surface area contributed by atoms with E-state index in [2.05, 4.69) is 5.32 Å². The first kappa shape index (κ1) is 13.8. The lowest BCUT2D eigenvalue weighted by Gasteiger charge is -2.30. The van der Waals surface area contributed by atoms with E-state index in [1.165, 1.54) is 12.3 Å². The van der Waals surface area contributed by atoms with Crippen LogP contribution >= 0.6 is 0 Å². The fourth-order valence-corrected chi connectivity index (χ4v) is 2.28. The standard InChI is InChI=1S/C13H18N2O4/c16-9-10-3-1-5-15(7-10)8-12(17)14-13(18)11-4-2-6-19-11/h2,4,6,10,16H,1,3,5,7-9H2,(H,14,17,18). The molecular formula is C13H18N2O4. The molecule has 1 fully saturated rings. The van der Waals surface area contributed by atoms with Gasteiger partial charge in [-0.25, -0.2) is 0 Å². The quantitative estimate of drug-likeness (QED) is 0.815. The van der Waals surface area contributed by atoms with E-state index in [-0.39, 0.29) is 30.7 Å². The highest BCUT2D eigenvalue weighted by molar-refractivity contribution is 6.03. The van der Waals surface area contributed by atoms with Gasteiger partial charge in [-0.05, 0) is 37.4 Å². The van der Waals surface area contributed by atoms with Crippen molar-refractivity contribution in [1.29, 1.82) is 0 Å². The summed E-state index contributed by atoms with van der Waals surface area (Å²) >= 11 is 0. The predicted molar refractivity (Wildman–Crippen MR) is 67.4 cm³/mol. The zero-order chi connectivity index (χ0) is 13.7. The Labute approximate surface area is 111 Å². The van der Waals surface area contributed by atoms with Crippen LogP contribution in [0, 0.1) is 5.92 Å². The molecular weight excluding hydrogens is 248 g/mol. The molecule has 1 saturated heterocycles. The molecule has 1 aliphatic heterocycles. The van der Waals surface area contributed by atoms with Gasteiger partial charge in [-0.15, -0.1) is 0 Å². The van der Waals surface area contributed by atoms with Crippen LogP contribution in [-0.4, -0.2) is 48.1 Å². The van der Waals surface area contributed by atoms with Crippen molar-refractivity contribution >= 4 is 11.8 Å². The molecule has 1 aromatic heterocycles. The minimum atomic E-state index is -0.522. The van der Waals surface area contributed by atoms with E-state index in [1.54, 1.807) is 6.07 Å². The van der Waals surface area contributed by atoms with Crippen molar-refractivity contribution in [2.75, 3.05) is 26.2 Å². The largest absolute Gasteiger partial charge is 0.459 e. The minimum Gasteiger partial charge on any atom is -0.459 e. The van der Waals surface area contributed by atoms with Crippen molar-refractivity contribution in [3.05, 3.63) is 24.2 Å². The van der Waals surface area contributed by atoms with Crippen molar-refractivity contribution in [1.82, 2.24) is 10.2 Å². The van der Waals surface area contributed by atoms with E-state index in [0.29, 0.717) is 6.54 Å². The Morgan fingerprint density at radius 3 is 3.05 bits per heavy atom. The molecule has 0 bridgehead atoms. The first-order valence-electron chi connectivity index (χ1n) is 6.40. The lowest BCUT2D eigenvalue weighted by molar-refractivity contribution is -0.121. The molecule has 2 amide bonds. The number of aliphatic hydroxyl groups excluding tert-OH is 1. The first-order chi connectivity index (χ1) is 9.19. The summed E-state index contributed by atoms with van der Waals surface area (Å²) in [7, 11) is 0. The van der Waals surface area contributed by atoms with E-state index in [9.17, 15) is 9.59 Å². The van der Waals surface area contributed by atoms with Crippen LogP contribution in [0.1, 0.15) is 23.4 Å². The van der Waals surface area contributed by atoms with Gasteiger partial charge in [0, 0.05) is 13.2 Å². The molecule has 0 radical (unpaired) electrons. The third kappa shape index (κ3) is 3.90. The van der Waals surface area contributed by atoms with E-state index in [0.717, 1.165) is 19.4 Å². The average Bonchev–Trinajstić information content (AvgIpc) is 2.92. The van der Waals surface area contributed by atoms with E-state index < -0.39 is 5.91 Å². The molecule has 1 atom stereocenters. The monoisotopic (exact) mass is 266 g/mol. The second-order valence-corrected chi connectivity index (χ2v) is 4.78. The Morgan fingerprint density at radius 2 is 2.37 bits per heavy atom. The molecule has 6 nitrogen and oxygen atoms in total. The number of furan rings is 1. The molecule has 6 heteroatoms. The summed E-state index contributed by atoms with van der Waals surface area (Å²) < 4.78 is 4.91. The van der Waals surface area contributed by atoms with Crippen molar-refractivity contribution in [3.8, 4) is 0 Å². The molecule has 2 heterocycles. The van der Waals surface area contributed by atoms with Crippen LogP contribution in [-0.2, 0) is 4.79 Å². The first-order valence-corrected chi connectivity index (χ1v) is 6.40. The molecule has 0 spiro atoms. The van der Waals surface area contributed by atoms with Crippen molar-refractivity contribution in [2.45, 2.75) is 12.8 Å². The maximum atomic E-state index is 11.7. The van der Waals surface area contributed by atoms with Crippen LogP contribution in [0.3, 0.4) is 0 Å². The Morgan fingerprint density at radius 1 is 1.53 bits per heavy atom. The normalized spacial score (nSPS) is 20.2. The summed E-state index contributed by atoms with van der Waals surface area (Å²) in [5.41, 5.74) is 0. The molecule has 2 N–H and O–H groups in total. The number of likely N-dealkylation sites (tertiary alicyclic amines) is 1. The number of hydrogen-bond acceptors (Lipinski definition) is 5. The van der Waals surface area contributed by atoms with Gasteiger partial charge in [0.25, 0.3) is 5.91 Å². The van der Waals surface area contributed by atoms with Crippen LogP contribution in [0.15, 0.2) is 22.8 Å². The fourth-order valence-electron chi connectivity index (χ4n) is 2.28. The molecule has 19 heavy (non-hydrogen) atoms. The minimum absolute atomic E-state index is 0.125. The van der Waals surface area contributed by atoms with Crippen LogP contribution in [0.25, 0.3) is 0 Å². The summed E-state index contributed by atoms with van der Waals surface area (Å²) in [5, 5.41) is 11.4. The van der Waals surface area contributed by atoms with E-state index in [4.69, 9.17) is 9.52 Å². The Kier molecular flexibility index (Phi) is 4.70. The smallest absolute Gasteiger partial charge is 0.293 e. The Bertz CT molecular complexity index is 430. The highest BCUT2D eigenvalue weighted by Crippen LogP contribution is 2.15. The zero-order valence-corrected chi connectivity index (χ0v) is 10.7. The molecule has 2 rings (SSSR count). The maximum Gasteiger partial charge on any atom is 0.293 e. The topological polar surface area (TPSA) is 82.8 Å². The van der Waals surface area contributed by atoms with Crippen LogP contribution in [0.5, 0.6) is 0 Å². The summed E-state index contributed by atoms with van der Waals surface area (Å²) in [6.45, 7) is 1.82. The van der Waals surface area contributed by atoms with Gasteiger partial charge >= 0.3 is 0 Å². The molecule has 0 aliphatic carbocycles. The number of imide groups is 1. The second kappa shape index (κ2) is 6.49. The van der Waals surface area contributed by atoms with Crippen LogP contribution in [0.2, 0.25) is 0 Å². The van der Waals surface area contributed by atoms with Gasteiger partial charge in [-0.3, -0.25) is 19.8 Å². The highest BCUT2D eigenvalue weighted by atomic mass is 16.3. The number of hydrogen-bond donors (Lipinski definition) is 2. The van der Waals surface area contributed by atoms with Crippen LogP contribution in [0.4, 0.5) is 0 Å². The van der Waals surface area contributed by atoms with Crippen molar-refractivity contribution in [3.63, 3.8) is 0 Å². The molecule has 1 aromatic rings. The third-order valence-corrected chi connectivity index (χ3v) is 3.23. The molecule has 0 saturated carbocycles. The number of nitrogens with zero attached hydrogens (tertiary/aromatic N) is 1. The third-order valence-electron chi connectivity index (χ3n) is 3.23. The second-order valence-electron chi connectivity index (χ2n) is 4.78. The molecule has 1 unspecified atom stereocenters. The van der Waals surface area contributed by atoms with Gasteiger partial charge in [0.1, 0.15) is 0 Å². The molecule has 0 aromatic carbocycles. The van der Waals surface area contributed by atoms with E-state index in [1.807, 2.05) is 4.90 Å². The number of carbonyl (C=O) groups is 2. The van der Waals surface area contributed by atoms with Gasteiger partial charge in [-0.2, -0.15) is 0 Å². The number of piperidine rings is 1. The lowest BCUT2D eigenvalue weighted by atomic mass is 9.99. The summed E-state index contributed by atoms with van der Waals surface area (Å²) in [6.07, 6.45) is 3.33. The average molecular weight is 266 g/mol. The number of aliphatic hydroxyl groups is 1. The number of nitrogens with one attached hydrogen (secondary N) is 1. The Hall–Kier alpha value is -1.66. The number of amides is 2. The fraction of sp³-hybridized carbons (Fsp3) is 0.538. The maximum absolute atomic E-state index is 11.7. The molecule has 104 valence electrons. The van der Waals surface area contributed by atoms with Gasteiger partial charge in [0.15, 0.2) is 5.76 Å². The SMILES string of the molecule is O=C(CN1CCCC(CO)C1)NC(=O)c1ccco1. The van der Waals surface area contributed by atoms with Gasteiger partial charge in [0.2, 0.25) is 5.91 Å². The summed E-state index contributed by atoms with van der Waals surface area (Å²) in [5.74, 6) is -0.520. The summed E-state index contributed by atoms with van der Waals surface area (Å²) in [6, 6.07) is 3.10. The zero-order valence-electron chi connectivity index (χ0n) is 10.7. The Balaban J connectivity index is 1.79. The van der Waals surface area contributed by atoms with Crippen molar-refractivity contribution < 1.29 is 19.1 Å². The lowest BCUT2D eigenvalue weighted by Crippen LogP contribution is -2.44. The predicted octanol–water partition coefficient (Wildman–Crippen LogP) is 0.240. The van der Waals surface area contributed by atoms with Crippen molar-refractivity contribution in [2.24, 2.45) is 5.92 Å². The molecule has 1 aliphatic rings. The van der Waals surface area contributed by atoms with Gasteiger partial charge in [0.05, 0.1) is 12.8 Å². The van der Waals surface area contributed by atoms with Gasteiger partial charge < -0.3 is 9.52 Å². The van der Waals surface area contributed by atoms with Gasteiger partial charge in [-0.1, -0.05) is 0 Å². The van der Waals surface area contributed by atoms with Crippen LogP contribution < -0.4 is 5.32 Å². The number of rotatable bonds is 4. The van der Waals surface area contributed by atoms with E-state index >= 15 is 0 Å².